The molecule has 0 aliphatic rings. The molecule has 0 fully saturated rings. The summed E-state index contributed by atoms with van der Waals surface area (Å²) >= 11 is 3.49. The Morgan fingerprint density at radius 3 is 3.05 bits per heavy atom. The zero-order chi connectivity index (χ0) is 13.7. The van der Waals surface area contributed by atoms with Crippen LogP contribution in [0.3, 0.4) is 0 Å². The lowest BCUT2D eigenvalue weighted by Crippen LogP contribution is -2.06. The van der Waals surface area contributed by atoms with Gasteiger partial charge in [-0.3, -0.25) is 4.68 Å². The van der Waals surface area contributed by atoms with Crippen molar-refractivity contribution in [1.29, 1.82) is 0 Å². The van der Waals surface area contributed by atoms with Crippen LogP contribution in [-0.4, -0.2) is 23.5 Å². The lowest BCUT2D eigenvalue weighted by atomic mass is 10.1. The monoisotopic (exact) mass is 323 g/mol. The molecule has 1 heterocycles. The van der Waals surface area contributed by atoms with Gasteiger partial charge in [-0.25, -0.2) is 0 Å². The van der Waals surface area contributed by atoms with Crippen molar-refractivity contribution in [2.24, 2.45) is 0 Å². The van der Waals surface area contributed by atoms with Crippen LogP contribution in [0.1, 0.15) is 18.5 Å². The van der Waals surface area contributed by atoms with Crippen LogP contribution in [0.15, 0.2) is 41.1 Å². The van der Waals surface area contributed by atoms with Gasteiger partial charge in [0.25, 0.3) is 0 Å². The van der Waals surface area contributed by atoms with E-state index in [0.717, 1.165) is 16.7 Å². The summed E-state index contributed by atoms with van der Waals surface area (Å²) in [5.41, 5.74) is 2.25. The normalized spacial score (nSPS) is 12.4. The molecule has 1 N–H and O–H groups in total. The van der Waals surface area contributed by atoms with Crippen molar-refractivity contribution < 1.29 is 4.74 Å². The molecular weight excluding hydrogens is 306 g/mol. The fourth-order valence-corrected chi connectivity index (χ4v) is 2.27. The van der Waals surface area contributed by atoms with E-state index in [1.807, 2.05) is 29.2 Å². The van der Waals surface area contributed by atoms with Crippen molar-refractivity contribution in [3.05, 3.63) is 46.7 Å². The number of rotatable bonds is 6. The molecule has 0 saturated heterocycles. The SMILES string of the molecule is COCCn1cc(NC(C)c2cccc(Br)c2)cn1. The predicted octanol–water partition coefficient (Wildman–Crippen LogP) is 3.47. The van der Waals surface area contributed by atoms with Gasteiger partial charge in [0.2, 0.25) is 0 Å². The first-order chi connectivity index (χ1) is 9.19. The molecule has 2 rings (SSSR count). The van der Waals surface area contributed by atoms with E-state index in [1.54, 1.807) is 7.11 Å². The Morgan fingerprint density at radius 1 is 1.47 bits per heavy atom. The summed E-state index contributed by atoms with van der Waals surface area (Å²) in [4.78, 5) is 0. The smallest absolute Gasteiger partial charge is 0.0731 e. The van der Waals surface area contributed by atoms with E-state index in [-0.39, 0.29) is 6.04 Å². The highest BCUT2D eigenvalue weighted by Gasteiger charge is 2.07. The molecule has 0 amide bonds. The first kappa shape index (κ1) is 14.1. The number of benzene rings is 1. The van der Waals surface area contributed by atoms with Crippen molar-refractivity contribution in [3.63, 3.8) is 0 Å². The third-order valence-corrected chi connectivity index (χ3v) is 3.38. The van der Waals surface area contributed by atoms with Gasteiger partial charge in [0.15, 0.2) is 0 Å². The Kier molecular flexibility index (Phi) is 4.99. The molecule has 0 aliphatic heterocycles. The van der Waals surface area contributed by atoms with Crippen LogP contribution >= 0.6 is 15.9 Å². The zero-order valence-electron chi connectivity index (χ0n) is 11.1. The fraction of sp³-hybridized carbons (Fsp3) is 0.357. The van der Waals surface area contributed by atoms with Crippen molar-refractivity contribution in [2.45, 2.75) is 19.5 Å². The molecule has 1 aromatic carbocycles. The van der Waals surface area contributed by atoms with Crippen LogP contribution in [0, 0.1) is 0 Å². The summed E-state index contributed by atoms with van der Waals surface area (Å²) in [5, 5.41) is 7.72. The molecule has 0 bridgehead atoms. The fourth-order valence-electron chi connectivity index (χ4n) is 1.85. The van der Waals surface area contributed by atoms with Gasteiger partial charge in [-0.1, -0.05) is 28.1 Å². The predicted molar refractivity (Wildman–Crippen MR) is 80.3 cm³/mol. The van der Waals surface area contributed by atoms with Gasteiger partial charge < -0.3 is 10.1 Å². The second-order valence-corrected chi connectivity index (χ2v) is 5.32. The van der Waals surface area contributed by atoms with Gasteiger partial charge in [-0.05, 0) is 24.6 Å². The maximum Gasteiger partial charge on any atom is 0.0731 e. The number of halogens is 1. The number of anilines is 1. The number of aromatic nitrogens is 2. The third kappa shape index (κ3) is 4.08. The molecule has 1 aromatic heterocycles. The first-order valence-electron chi connectivity index (χ1n) is 6.22. The Morgan fingerprint density at radius 2 is 2.32 bits per heavy atom. The minimum Gasteiger partial charge on any atom is -0.383 e. The van der Waals surface area contributed by atoms with Crippen molar-refractivity contribution in [3.8, 4) is 0 Å². The van der Waals surface area contributed by atoms with Crippen molar-refractivity contribution >= 4 is 21.6 Å². The van der Waals surface area contributed by atoms with E-state index in [4.69, 9.17) is 4.74 Å². The lowest BCUT2D eigenvalue weighted by Gasteiger charge is -2.14. The standard InChI is InChI=1S/C14H18BrN3O/c1-11(12-4-3-5-13(15)8-12)17-14-9-16-18(10-14)6-7-19-2/h3-5,8-11,17H,6-7H2,1-2H3. The summed E-state index contributed by atoms with van der Waals surface area (Å²) in [7, 11) is 1.69. The van der Waals surface area contributed by atoms with E-state index in [9.17, 15) is 0 Å². The first-order valence-corrected chi connectivity index (χ1v) is 7.01. The van der Waals surface area contributed by atoms with Crippen LogP contribution in [0.5, 0.6) is 0 Å². The lowest BCUT2D eigenvalue weighted by molar-refractivity contribution is 0.183. The highest BCUT2D eigenvalue weighted by atomic mass is 79.9. The number of ether oxygens (including phenoxy) is 1. The average Bonchev–Trinajstić information content (AvgIpc) is 2.84. The molecule has 0 radical (unpaired) electrons. The molecule has 1 atom stereocenters. The van der Waals surface area contributed by atoms with Gasteiger partial charge in [-0.2, -0.15) is 5.10 Å². The Hall–Kier alpha value is -1.33. The third-order valence-electron chi connectivity index (χ3n) is 2.89. The molecular formula is C14H18BrN3O. The van der Waals surface area contributed by atoms with Crippen molar-refractivity contribution in [1.82, 2.24) is 9.78 Å². The number of nitrogens with one attached hydrogen (secondary N) is 1. The van der Waals surface area contributed by atoms with Crippen LogP contribution in [0.4, 0.5) is 5.69 Å². The van der Waals surface area contributed by atoms with Crippen LogP contribution < -0.4 is 5.32 Å². The number of hydrogen-bond acceptors (Lipinski definition) is 3. The quantitative estimate of drug-likeness (QED) is 0.884. The van der Waals surface area contributed by atoms with E-state index < -0.39 is 0 Å². The molecule has 1 unspecified atom stereocenters. The molecule has 5 heteroatoms. The maximum absolute atomic E-state index is 5.03. The van der Waals surface area contributed by atoms with Crippen LogP contribution in [0.25, 0.3) is 0 Å². The van der Waals surface area contributed by atoms with E-state index in [1.165, 1.54) is 5.56 Å². The van der Waals surface area contributed by atoms with E-state index >= 15 is 0 Å². The Balaban J connectivity index is 1.98. The second kappa shape index (κ2) is 6.73. The number of hydrogen-bond donors (Lipinski definition) is 1. The summed E-state index contributed by atoms with van der Waals surface area (Å²) in [6.07, 6.45) is 3.83. The summed E-state index contributed by atoms with van der Waals surface area (Å²) in [5.74, 6) is 0. The minimum absolute atomic E-state index is 0.234. The molecule has 0 spiro atoms. The molecule has 0 saturated carbocycles. The molecule has 19 heavy (non-hydrogen) atoms. The summed E-state index contributed by atoms with van der Waals surface area (Å²) in [6, 6.07) is 8.53. The number of nitrogens with zero attached hydrogens (tertiary/aromatic N) is 2. The van der Waals surface area contributed by atoms with Gasteiger partial charge in [-0.15, -0.1) is 0 Å². The van der Waals surface area contributed by atoms with Crippen molar-refractivity contribution in [2.75, 3.05) is 19.0 Å². The van der Waals surface area contributed by atoms with Gasteiger partial charge in [0.05, 0.1) is 25.0 Å². The largest absolute Gasteiger partial charge is 0.383 e. The topological polar surface area (TPSA) is 39.1 Å². The summed E-state index contributed by atoms with van der Waals surface area (Å²) < 4.78 is 8.00. The van der Waals surface area contributed by atoms with Crippen LogP contribution in [0.2, 0.25) is 0 Å². The minimum atomic E-state index is 0.234. The highest BCUT2D eigenvalue weighted by molar-refractivity contribution is 9.10. The van der Waals surface area contributed by atoms with Gasteiger partial charge in [0.1, 0.15) is 0 Å². The molecule has 0 aliphatic carbocycles. The highest BCUT2D eigenvalue weighted by Crippen LogP contribution is 2.21. The van der Waals surface area contributed by atoms with E-state index in [0.29, 0.717) is 6.61 Å². The van der Waals surface area contributed by atoms with Gasteiger partial charge in [0, 0.05) is 23.8 Å². The molecule has 2 aromatic rings. The average molecular weight is 324 g/mol. The summed E-state index contributed by atoms with van der Waals surface area (Å²) in [6.45, 7) is 3.57. The maximum atomic E-state index is 5.03. The Labute approximate surface area is 121 Å². The second-order valence-electron chi connectivity index (χ2n) is 4.41. The molecule has 102 valence electrons. The van der Waals surface area contributed by atoms with Crippen LogP contribution in [-0.2, 0) is 11.3 Å². The zero-order valence-corrected chi connectivity index (χ0v) is 12.7. The van der Waals surface area contributed by atoms with E-state index in [2.05, 4.69) is 45.4 Å². The number of methoxy groups -OCH3 is 1. The molecule has 4 nitrogen and oxygen atoms in total. The van der Waals surface area contributed by atoms with Gasteiger partial charge >= 0.3 is 0 Å². The Bertz CT molecular complexity index is 527.